The molecule has 2 heterocycles. The Kier molecular flexibility index (Phi) is 6.41. The Labute approximate surface area is 163 Å². The van der Waals surface area contributed by atoms with E-state index in [1.165, 1.54) is 11.3 Å². The molecule has 1 aliphatic rings. The second-order valence-corrected chi connectivity index (χ2v) is 7.11. The van der Waals surface area contributed by atoms with Gasteiger partial charge in [-0.2, -0.15) is 0 Å². The van der Waals surface area contributed by atoms with Gasteiger partial charge in [-0.05, 0) is 19.1 Å². The Hall–Kier alpha value is -2.45. The van der Waals surface area contributed by atoms with E-state index in [0.29, 0.717) is 31.4 Å². The summed E-state index contributed by atoms with van der Waals surface area (Å²) in [5, 5.41) is 2.67. The molecule has 1 saturated heterocycles. The normalized spacial score (nSPS) is 14.8. The van der Waals surface area contributed by atoms with Crippen LogP contribution < -0.4 is 4.90 Å². The predicted molar refractivity (Wildman–Crippen MR) is 105 cm³/mol. The van der Waals surface area contributed by atoms with Crippen molar-refractivity contribution in [3.05, 3.63) is 41.4 Å². The summed E-state index contributed by atoms with van der Waals surface area (Å²) in [5.41, 5.74) is 1.75. The van der Waals surface area contributed by atoms with Crippen LogP contribution in [-0.2, 0) is 16.1 Å². The lowest BCUT2D eigenvalue weighted by atomic mass is 10.3. The van der Waals surface area contributed by atoms with Crippen molar-refractivity contribution < 1.29 is 14.3 Å². The van der Waals surface area contributed by atoms with Crippen molar-refractivity contribution in [2.24, 2.45) is 0 Å². The number of piperazine rings is 1. The molecule has 0 spiro atoms. The second kappa shape index (κ2) is 8.96. The van der Waals surface area contributed by atoms with Crippen molar-refractivity contribution in [2.75, 3.05) is 37.7 Å². The van der Waals surface area contributed by atoms with Crippen LogP contribution in [0, 0.1) is 0 Å². The average molecular weight is 388 g/mol. The zero-order chi connectivity index (χ0) is 19.2. The number of thiazole rings is 1. The Morgan fingerprint density at radius 1 is 1.19 bits per heavy atom. The number of ether oxygens (including phenoxy) is 1. The molecule has 1 aromatic carbocycles. The zero-order valence-electron chi connectivity index (χ0n) is 15.6. The summed E-state index contributed by atoms with van der Waals surface area (Å²) in [6.07, 6.45) is -0.243. The molecule has 0 saturated carbocycles. The van der Waals surface area contributed by atoms with Gasteiger partial charge in [-0.25, -0.2) is 9.78 Å². The molecule has 3 rings (SSSR count). The third-order valence-electron chi connectivity index (χ3n) is 4.34. The minimum absolute atomic E-state index is 0.0647. The Morgan fingerprint density at radius 3 is 2.52 bits per heavy atom. The molecule has 8 heteroatoms. The first-order valence-corrected chi connectivity index (χ1v) is 9.90. The minimum Gasteiger partial charge on any atom is -0.450 e. The molecule has 1 aliphatic heterocycles. The maximum Gasteiger partial charge on any atom is 0.409 e. The van der Waals surface area contributed by atoms with Gasteiger partial charge in [-0.15, -0.1) is 11.3 Å². The molecule has 0 radical (unpaired) electrons. The van der Waals surface area contributed by atoms with Crippen LogP contribution in [-0.4, -0.2) is 59.6 Å². The van der Waals surface area contributed by atoms with Crippen LogP contribution in [0.3, 0.4) is 0 Å². The molecular weight excluding hydrogens is 364 g/mol. The number of aromatic nitrogens is 1. The summed E-state index contributed by atoms with van der Waals surface area (Å²) >= 11 is 1.46. The summed E-state index contributed by atoms with van der Waals surface area (Å²) in [5.74, 6) is -0.0647. The molecule has 0 bridgehead atoms. The van der Waals surface area contributed by atoms with E-state index in [1.54, 1.807) is 16.7 Å². The molecular formula is C19H24N4O3S. The number of carbonyl (C=O) groups excluding carboxylic acids is 2. The number of nitrogens with zero attached hydrogens (tertiary/aromatic N) is 4. The molecule has 1 fully saturated rings. The van der Waals surface area contributed by atoms with Crippen molar-refractivity contribution in [2.45, 2.75) is 20.4 Å². The number of hydrogen-bond acceptors (Lipinski definition) is 6. The van der Waals surface area contributed by atoms with E-state index in [4.69, 9.17) is 4.74 Å². The summed E-state index contributed by atoms with van der Waals surface area (Å²) < 4.78 is 5.05. The highest BCUT2D eigenvalue weighted by molar-refractivity contribution is 7.14. The number of benzene rings is 1. The monoisotopic (exact) mass is 388 g/mol. The van der Waals surface area contributed by atoms with E-state index in [9.17, 15) is 9.59 Å². The van der Waals surface area contributed by atoms with Crippen molar-refractivity contribution in [1.29, 1.82) is 0 Å². The van der Waals surface area contributed by atoms with Gasteiger partial charge in [-0.3, -0.25) is 14.6 Å². The lowest BCUT2D eigenvalue weighted by Crippen LogP contribution is -2.48. The van der Waals surface area contributed by atoms with Crippen LogP contribution >= 0.6 is 11.3 Å². The van der Waals surface area contributed by atoms with Gasteiger partial charge in [0.2, 0.25) is 5.91 Å². The molecule has 0 aliphatic carbocycles. The van der Waals surface area contributed by atoms with Gasteiger partial charge in [0.05, 0.1) is 18.0 Å². The highest BCUT2D eigenvalue weighted by Crippen LogP contribution is 2.29. The van der Waals surface area contributed by atoms with Crippen LogP contribution in [0.15, 0.2) is 35.7 Å². The van der Waals surface area contributed by atoms with E-state index >= 15 is 0 Å². The zero-order valence-corrected chi connectivity index (χ0v) is 16.4. The van der Waals surface area contributed by atoms with Gasteiger partial charge >= 0.3 is 6.09 Å². The van der Waals surface area contributed by atoms with Crippen molar-refractivity contribution in [1.82, 2.24) is 14.8 Å². The smallest absolute Gasteiger partial charge is 0.409 e. The van der Waals surface area contributed by atoms with E-state index in [2.05, 4.69) is 9.88 Å². The van der Waals surface area contributed by atoms with Gasteiger partial charge in [0.15, 0.2) is 5.13 Å². The number of hydrogen-bond donors (Lipinski definition) is 0. The highest BCUT2D eigenvalue weighted by atomic mass is 32.1. The topological polar surface area (TPSA) is 66.0 Å². The third kappa shape index (κ3) is 4.84. The Balaban J connectivity index is 1.61. The Bertz CT molecular complexity index is 772. The lowest BCUT2D eigenvalue weighted by molar-refractivity contribution is -0.115. The van der Waals surface area contributed by atoms with Crippen LogP contribution in [0.5, 0.6) is 0 Å². The molecule has 0 atom stereocenters. The first-order valence-electron chi connectivity index (χ1n) is 9.02. The molecule has 1 aromatic heterocycles. The van der Waals surface area contributed by atoms with Crippen LogP contribution in [0.1, 0.15) is 19.5 Å². The first kappa shape index (κ1) is 19.3. The SMILES string of the molecule is CCOC(=O)N1CCN(Cc2csc(N(C(C)=O)c3ccccc3)n2)CC1. The predicted octanol–water partition coefficient (Wildman–Crippen LogP) is 3.10. The largest absolute Gasteiger partial charge is 0.450 e. The second-order valence-electron chi connectivity index (χ2n) is 6.27. The summed E-state index contributed by atoms with van der Waals surface area (Å²) in [7, 11) is 0. The molecule has 27 heavy (non-hydrogen) atoms. The molecule has 2 amide bonds. The number of amides is 2. The number of carbonyl (C=O) groups is 2. The summed E-state index contributed by atoms with van der Waals surface area (Å²) in [6.45, 7) is 7.32. The van der Waals surface area contributed by atoms with Crippen LogP contribution in [0.25, 0.3) is 0 Å². The van der Waals surface area contributed by atoms with Crippen molar-refractivity contribution in [3.63, 3.8) is 0 Å². The quantitative estimate of drug-likeness (QED) is 0.787. The fourth-order valence-corrected chi connectivity index (χ4v) is 3.89. The fourth-order valence-electron chi connectivity index (χ4n) is 3.01. The first-order chi connectivity index (χ1) is 13.1. The van der Waals surface area contributed by atoms with Gasteiger partial charge in [0.25, 0.3) is 0 Å². The van der Waals surface area contributed by atoms with Crippen molar-refractivity contribution in [3.8, 4) is 0 Å². The number of para-hydroxylation sites is 1. The van der Waals surface area contributed by atoms with Crippen molar-refractivity contribution >= 4 is 34.2 Å². The maximum absolute atomic E-state index is 12.1. The molecule has 144 valence electrons. The van der Waals surface area contributed by atoms with Gasteiger partial charge in [-0.1, -0.05) is 18.2 Å². The van der Waals surface area contributed by atoms with E-state index < -0.39 is 0 Å². The molecule has 0 unspecified atom stereocenters. The van der Waals surface area contributed by atoms with Crippen LogP contribution in [0.2, 0.25) is 0 Å². The van der Waals surface area contributed by atoms with Crippen LogP contribution in [0.4, 0.5) is 15.6 Å². The average Bonchev–Trinajstić information content (AvgIpc) is 3.11. The highest BCUT2D eigenvalue weighted by Gasteiger charge is 2.23. The van der Waals surface area contributed by atoms with E-state index in [1.807, 2.05) is 42.6 Å². The number of rotatable bonds is 5. The van der Waals surface area contributed by atoms with Gasteiger partial charge in [0, 0.05) is 45.0 Å². The fraction of sp³-hybridized carbons (Fsp3) is 0.421. The number of anilines is 2. The van der Waals surface area contributed by atoms with Gasteiger partial charge in [0.1, 0.15) is 0 Å². The summed E-state index contributed by atoms with van der Waals surface area (Å²) in [6, 6.07) is 9.53. The van der Waals surface area contributed by atoms with Gasteiger partial charge < -0.3 is 9.64 Å². The minimum atomic E-state index is -0.243. The Morgan fingerprint density at radius 2 is 1.89 bits per heavy atom. The standard InChI is InChI=1S/C19H24N4O3S/c1-3-26-19(25)22-11-9-21(10-12-22)13-16-14-27-18(20-16)23(15(2)24)17-7-5-4-6-8-17/h4-8,14H,3,9-13H2,1-2H3. The molecule has 2 aromatic rings. The molecule has 7 nitrogen and oxygen atoms in total. The maximum atomic E-state index is 12.1. The van der Waals surface area contributed by atoms with E-state index in [-0.39, 0.29) is 12.0 Å². The van der Waals surface area contributed by atoms with E-state index in [0.717, 1.165) is 24.5 Å². The lowest BCUT2D eigenvalue weighted by Gasteiger charge is -2.33. The third-order valence-corrected chi connectivity index (χ3v) is 5.22. The summed E-state index contributed by atoms with van der Waals surface area (Å²) in [4.78, 5) is 34.2. The molecule has 0 N–H and O–H groups in total.